The van der Waals surface area contributed by atoms with Crippen LogP contribution in [0, 0.1) is 6.92 Å². The Morgan fingerprint density at radius 2 is 1.96 bits per heavy atom. The number of benzene rings is 1. The Morgan fingerprint density at radius 3 is 2.62 bits per heavy atom. The van der Waals surface area contributed by atoms with Gasteiger partial charge >= 0.3 is 0 Å². The highest BCUT2D eigenvalue weighted by Crippen LogP contribution is 2.27. The zero-order valence-electron chi connectivity index (χ0n) is 13.8. The number of ether oxygens (including phenoxy) is 1. The molecule has 0 saturated carbocycles. The van der Waals surface area contributed by atoms with Crippen LogP contribution in [0.25, 0.3) is 0 Å². The number of aromatic nitrogens is 1. The van der Waals surface area contributed by atoms with Crippen molar-refractivity contribution >= 4 is 5.91 Å². The molecule has 2 heterocycles. The van der Waals surface area contributed by atoms with E-state index in [0.29, 0.717) is 5.92 Å². The second-order valence-corrected chi connectivity index (χ2v) is 6.20. The normalized spacial score (nSPS) is 15.3. The summed E-state index contributed by atoms with van der Waals surface area (Å²) in [5, 5.41) is 0. The van der Waals surface area contributed by atoms with Crippen molar-refractivity contribution in [3.8, 4) is 5.75 Å². The van der Waals surface area contributed by atoms with Crippen molar-refractivity contribution in [1.29, 1.82) is 0 Å². The van der Waals surface area contributed by atoms with Gasteiger partial charge in [-0.1, -0.05) is 30.3 Å². The van der Waals surface area contributed by atoms with E-state index in [4.69, 9.17) is 4.74 Å². The van der Waals surface area contributed by atoms with Crippen LogP contribution in [-0.4, -0.2) is 35.5 Å². The number of H-pyrrole nitrogens is 1. The topological polar surface area (TPSA) is 62.4 Å². The summed E-state index contributed by atoms with van der Waals surface area (Å²) in [6, 6.07) is 11.9. The van der Waals surface area contributed by atoms with Gasteiger partial charge in [-0.15, -0.1) is 0 Å². The van der Waals surface area contributed by atoms with Gasteiger partial charge in [0.1, 0.15) is 0 Å². The molecule has 5 heteroatoms. The number of piperidine rings is 1. The van der Waals surface area contributed by atoms with Crippen molar-refractivity contribution in [2.24, 2.45) is 0 Å². The van der Waals surface area contributed by atoms with Gasteiger partial charge in [-0.05, 0) is 31.2 Å². The van der Waals surface area contributed by atoms with E-state index >= 15 is 0 Å². The van der Waals surface area contributed by atoms with Crippen LogP contribution in [0.3, 0.4) is 0 Å². The third-order valence-corrected chi connectivity index (χ3v) is 4.49. The van der Waals surface area contributed by atoms with Crippen molar-refractivity contribution in [1.82, 2.24) is 9.88 Å². The molecule has 0 atom stereocenters. The van der Waals surface area contributed by atoms with E-state index in [2.05, 4.69) is 29.2 Å². The smallest absolute Gasteiger partial charge is 0.260 e. The number of pyridine rings is 1. The molecule has 24 heavy (non-hydrogen) atoms. The number of rotatable bonds is 4. The summed E-state index contributed by atoms with van der Waals surface area (Å²) in [5.74, 6) is 0.630. The molecule has 0 spiro atoms. The lowest BCUT2D eigenvalue weighted by Crippen LogP contribution is -2.40. The molecule has 5 nitrogen and oxygen atoms in total. The van der Waals surface area contributed by atoms with E-state index in [0.717, 1.165) is 31.6 Å². The molecule has 1 amide bonds. The zero-order chi connectivity index (χ0) is 16.9. The number of hydrogen-bond donors (Lipinski definition) is 1. The summed E-state index contributed by atoms with van der Waals surface area (Å²) in [5.41, 5.74) is 1.90. The number of likely N-dealkylation sites (tertiary alicyclic amines) is 1. The lowest BCUT2D eigenvalue weighted by atomic mass is 9.89. The van der Waals surface area contributed by atoms with Gasteiger partial charge in [0.15, 0.2) is 12.4 Å². The highest BCUT2D eigenvalue weighted by Gasteiger charge is 2.24. The Kier molecular flexibility index (Phi) is 4.99. The molecule has 1 aromatic carbocycles. The van der Waals surface area contributed by atoms with Crippen LogP contribution in [0.4, 0.5) is 0 Å². The fourth-order valence-electron chi connectivity index (χ4n) is 3.09. The van der Waals surface area contributed by atoms with Gasteiger partial charge in [0.25, 0.3) is 5.91 Å². The standard InChI is InChI=1S/C19H22N2O3/c1-14-11-17(22)18(12-20-14)24-13-19(23)21-9-7-16(8-10-21)15-5-3-2-4-6-15/h2-6,11-12,16H,7-10,13H2,1H3,(H,20,22). The van der Waals surface area contributed by atoms with E-state index in [1.165, 1.54) is 17.8 Å². The van der Waals surface area contributed by atoms with E-state index in [-0.39, 0.29) is 23.7 Å². The Hall–Kier alpha value is -2.56. The van der Waals surface area contributed by atoms with Gasteiger partial charge in [-0.3, -0.25) is 9.59 Å². The van der Waals surface area contributed by atoms with E-state index in [1.54, 1.807) is 6.92 Å². The molecule has 1 N–H and O–H groups in total. The average molecular weight is 326 g/mol. The molecule has 126 valence electrons. The summed E-state index contributed by atoms with van der Waals surface area (Å²) >= 11 is 0. The van der Waals surface area contributed by atoms with Gasteiger partial charge in [-0.25, -0.2) is 0 Å². The first-order valence-electron chi connectivity index (χ1n) is 8.28. The van der Waals surface area contributed by atoms with E-state index in [9.17, 15) is 9.59 Å². The van der Waals surface area contributed by atoms with Gasteiger partial charge < -0.3 is 14.6 Å². The van der Waals surface area contributed by atoms with Gasteiger partial charge in [0.2, 0.25) is 5.43 Å². The lowest BCUT2D eigenvalue weighted by molar-refractivity contribution is -0.134. The number of nitrogens with one attached hydrogen (secondary N) is 1. The number of hydrogen-bond acceptors (Lipinski definition) is 3. The largest absolute Gasteiger partial charge is 0.478 e. The molecule has 0 bridgehead atoms. The minimum atomic E-state index is -0.207. The molecular formula is C19H22N2O3. The third kappa shape index (κ3) is 3.85. The predicted molar refractivity (Wildman–Crippen MR) is 92.3 cm³/mol. The van der Waals surface area contributed by atoms with Crippen molar-refractivity contribution in [2.45, 2.75) is 25.7 Å². The molecule has 1 aromatic heterocycles. The Labute approximate surface area is 141 Å². The number of carbonyl (C=O) groups excluding carboxylic acids is 1. The molecule has 1 fully saturated rings. The SMILES string of the molecule is Cc1cc(=O)c(OCC(=O)N2CCC(c3ccccc3)CC2)c[nH]1. The van der Waals surface area contributed by atoms with Crippen LogP contribution in [0.15, 0.2) is 47.4 Å². The fourth-order valence-corrected chi connectivity index (χ4v) is 3.09. The van der Waals surface area contributed by atoms with Crippen LogP contribution in [0.5, 0.6) is 5.75 Å². The molecule has 0 unspecified atom stereocenters. The second-order valence-electron chi connectivity index (χ2n) is 6.20. The first-order valence-corrected chi connectivity index (χ1v) is 8.28. The molecule has 1 saturated heterocycles. The van der Waals surface area contributed by atoms with Crippen molar-refractivity contribution in [3.63, 3.8) is 0 Å². The maximum Gasteiger partial charge on any atom is 0.260 e. The number of amides is 1. The summed E-state index contributed by atoms with van der Waals surface area (Å²) in [6.45, 7) is 3.16. The van der Waals surface area contributed by atoms with Crippen LogP contribution >= 0.6 is 0 Å². The minimum absolute atomic E-state index is 0.0681. The zero-order valence-corrected chi connectivity index (χ0v) is 13.8. The highest BCUT2D eigenvalue weighted by molar-refractivity contribution is 5.77. The first kappa shape index (κ1) is 16.3. The summed E-state index contributed by atoms with van der Waals surface area (Å²) in [4.78, 5) is 28.8. The molecule has 2 aromatic rings. The molecular weight excluding hydrogens is 304 g/mol. The first-order chi connectivity index (χ1) is 11.6. The fraction of sp³-hybridized carbons (Fsp3) is 0.368. The quantitative estimate of drug-likeness (QED) is 0.939. The Balaban J connectivity index is 1.51. The van der Waals surface area contributed by atoms with Gasteiger partial charge in [-0.2, -0.15) is 0 Å². The van der Waals surface area contributed by atoms with Crippen LogP contribution in [0.2, 0.25) is 0 Å². The number of aromatic amines is 1. The maximum absolute atomic E-state index is 12.3. The number of aryl methyl sites for hydroxylation is 1. The summed E-state index contributed by atoms with van der Waals surface area (Å²) < 4.78 is 5.38. The van der Waals surface area contributed by atoms with Gasteiger partial charge in [0, 0.05) is 31.0 Å². The third-order valence-electron chi connectivity index (χ3n) is 4.49. The second kappa shape index (κ2) is 7.34. The van der Waals surface area contributed by atoms with Crippen molar-refractivity contribution in [3.05, 3.63) is 64.1 Å². The van der Waals surface area contributed by atoms with Crippen LogP contribution < -0.4 is 10.2 Å². The Morgan fingerprint density at radius 1 is 1.25 bits per heavy atom. The minimum Gasteiger partial charge on any atom is -0.478 e. The van der Waals surface area contributed by atoms with E-state index in [1.807, 2.05) is 11.0 Å². The lowest BCUT2D eigenvalue weighted by Gasteiger charge is -2.32. The molecule has 1 aliphatic rings. The number of carbonyl (C=O) groups is 1. The maximum atomic E-state index is 12.3. The highest BCUT2D eigenvalue weighted by atomic mass is 16.5. The van der Waals surface area contributed by atoms with Gasteiger partial charge in [0.05, 0.1) is 0 Å². The predicted octanol–water partition coefficient (Wildman–Crippen LogP) is 2.47. The van der Waals surface area contributed by atoms with Crippen LogP contribution in [-0.2, 0) is 4.79 Å². The Bertz CT molecular complexity index is 747. The average Bonchev–Trinajstić information content (AvgIpc) is 2.62. The summed E-state index contributed by atoms with van der Waals surface area (Å²) in [7, 11) is 0. The van der Waals surface area contributed by atoms with Crippen molar-refractivity contribution in [2.75, 3.05) is 19.7 Å². The summed E-state index contributed by atoms with van der Waals surface area (Å²) in [6.07, 6.45) is 3.42. The molecule has 0 radical (unpaired) electrons. The van der Waals surface area contributed by atoms with E-state index < -0.39 is 0 Å². The monoisotopic (exact) mass is 326 g/mol. The molecule has 3 rings (SSSR count). The van der Waals surface area contributed by atoms with Crippen LogP contribution in [0.1, 0.15) is 30.0 Å². The number of nitrogens with zero attached hydrogens (tertiary/aromatic N) is 1. The molecule has 0 aliphatic carbocycles. The van der Waals surface area contributed by atoms with Crippen molar-refractivity contribution < 1.29 is 9.53 Å². The molecule has 1 aliphatic heterocycles.